The molecule has 0 atom stereocenters. The third-order valence-corrected chi connectivity index (χ3v) is 2.57. The van der Waals surface area contributed by atoms with Gasteiger partial charge in [0.1, 0.15) is 5.69 Å². The first-order chi connectivity index (χ1) is 9.70. The SMILES string of the molecule is CN(CCC(=O)O)C(=O)NCc1ccnc(C(F)(F)F)c1. The van der Waals surface area contributed by atoms with Crippen LogP contribution in [0.3, 0.4) is 0 Å². The van der Waals surface area contributed by atoms with E-state index in [9.17, 15) is 22.8 Å². The zero-order chi connectivity index (χ0) is 16.0. The van der Waals surface area contributed by atoms with Gasteiger partial charge in [-0.15, -0.1) is 0 Å². The van der Waals surface area contributed by atoms with Gasteiger partial charge in [0.2, 0.25) is 0 Å². The predicted molar refractivity (Wildman–Crippen MR) is 66.4 cm³/mol. The van der Waals surface area contributed by atoms with Crippen LogP contribution in [0, 0.1) is 0 Å². The number of pyridine rings is 1. The fourth-order valence-corrected chi connectivity index (χ4v) is 1.42. The van der Waals surface area contributed by atoms with E-state index < -0.39 is 23.9 Å². The van der Waals surface area contributed by atoms with Crippen LogP contribution in [0.4, 0.5) is 18.0 Å². The third kappa shape index (κ3) is 5.67. The van der Waals surface area contributed by atoms with Crippen molar-refractivity contribution in [1.82, 2.24) is 15.2 Å². The number of alkyl halides is 3. The van der Waals surface area contributed by atoms with E-state index >= 15 is 0 Å². The van der Waals surface area contributed by atoms with Crippen LogP contribution in [0.5, 0.6) is 0 Å². The number of carboxylic acid groups (broad SMARTS) is 1. The Morgan fingerprint density at radius 3 is 2.67 bits per heavy atom. The van der Waals surface area contributed by atoms with E-state index in [1.165, 1.54) is 13.1 Å². The Hall–Kier alpha value is -2.32. The smallest absolute Gasteiger partial charge is 0.433 e. The Kier molecular flexibility index (Phi) is 5.51. The highest BCUT2D eigenvalue weighted by molar-refractivity contribution is 5.75. The number of halogens is 3. The summed E-state index contributed by atoms with van der Waals surface area (Å²) in [7, 11) is 1.39. The molecule has 1 aromatic rings. The first-order valence-corrected chi connectivity index (χ1v) is 5.93. The van der Waals surface area contributed by atoms with Crippen molar-refractivity contribution in [2.75, 3.05) is 13.6 Å². The number of nitrogens with one attached hydrogen (secondary N) is 1. The lowest BCUT2D eigenvalue weighted by atomic mass is 10.2. The maximum Gasteiger partial charge on any atom is 0.433 e. The van der Waals surface area contributed by atoms with Gasteiger partial charge in [-0.3, -0.25) is 9.78 Å². The van der Waals surface area contributed by atoms with Gasteiger partial charge in [-0.25, -0.2) is 4.79 Å². The fourth-order valence-electron chi connectivity index (χ4n) is 1.42. The van der Waals surface area contributed by atoms with Crippen LogP contribution in [0.15, 0.2) is 18.3 Å². The number of nitrogens with zero attached hydrogens (tertiary/aromatic N) is 2. The summed E-state index contributed by atoms with van der Waals surface area (Å²) in [6.07, 6.45) is -3.74. The van der Waals surface area contributed by atoms with Crippen molar-refractivity contribution in [3.8, 4) is 0 Å². The van der Waals surface area contributed by atoms with Crippen molar-refractivity contribution < 1.29 is 27.9 Å². The Morgan fingerprint density at radius 2 is 2.10 bits per heavy atom. The molecule has 0 aliphatic heterocycles. The monoisotopic (exact) mass is 305 g/mol. The van der Waals surface area contributed by atoms with E-state index in [0.717, 1.165) is 17.2 Å². The second-order valence-corrected chi connectivity index (χ2v) is 4.27. The zero-order valence-corrected chi connectivity index (χ0v) is 11.1. The maximum atomic E-state index is 12.5. The molecule has 9 heteroatoms. The number of hydrogen-bond donors (Lipinski definition) is 2. The fraction of sp³-hybridized carbons (Fsp3) is 0.417. The summed E-state index contributed by atoms with van der Waals surface area (Å²) in [6, 6.07) is 1.63. The Labute approximate surface area is 118 Å². The normalized spacial score (nSPS) is 11.0. The van der Waals surface area contributed by atoms with Gasteiger partial charge in [-0.2, -0.15) is 13.2 Å². The Morgan fingerprint density at radius 1 is 1.43 bits per heavy atom. The molecule has 0 aliphatic carbocycles. The molecule has 0 fully saturated rings. The van der Waals surface area contributed by atoms with E-state index in [-0.39, 0.29) is 25.1 Å². The lowest BCUT2D eigenvalue weighted by Crippen LogP contribution is -2.38. The molecule has 1 heterocycles. The van der Waals surface area contributed by atoms with Crippen LogP contribution in [-0.2, 0) is 17.5 Å². The van der Waals surface area contributed by atoms with Gasteiger partial charge in [0.05, 0.1) is 6.42 Å². The number of carbonyl (C=O) groups is 2. The van der Waals surface area contributed by atoms with Crippen molar-refractivity contribution in [2.24, 2.45) is 0 Å². The second-order valence-electron chi connectivity index (χ2n) is 4.27. The van der Waals surface area contributed by atoms with Gasteiger partial charge >= 0.3 is 18.2 Å². The van der Waals surface area contributed by atoms with Gasteiger partial charge in [-0.05, 0) is 17.7 Å². The number of urea groups is 1. The molecular weight excluding hydrogens is 291 g/mol. The molecule has 2 N–H and O–H groups in total. The number of hydrogen-bond acceptors (Lipinski definition) is 3. The van der Waals surface area contributed by atoms with Crippen LogP contribution in [-0.4, -0.2) is 40.6 Å². The van der Waals surface area contributed by atoms with Gasteiger partial charge in [0, 0.05) is 26.3 Å². The van der Waals surface area contributed by atoms with Crippen LogP contribution in [0.2, 0.25) is 0 Å². The van der Waals surface area contributed by atoms with Gasteiger partial charge < -0.3 is 15.3 Å². The minimum Gasteiger partial charge on any atom is -0.481 e. The van der Waals surface area contributed by atoms with Gasteiger partial charge in [-0.1, -0.05) is 0 Å². The Balaban J connectivity index is 2.55. The molecule has 116 valence electrons. The molecule has 0 radical (unpaired) electrons. The largest absolute Gasteiger partial charge is 0.481 e. The number of carboxylic acids is 1. The predicted octanol–water partition coefficient (Wildman–Crippen LogP) is 1.72. The van der Waals surface area contributed by atoms with E-state index in [0.29, 0.717) is 0 Å². The number of aliphatic carboxylic acids is 1. The standard InChI is InChI=1S/C12H14F3N3O3/c1-18(5-3-10(19)20)11(21)17-7-8-2-4-16-9(6-8)12(13,14)15/h2,4,6H,3,5,7H2,1H3,(H,17,21)(H,19,20). The third-order valence-electron chi connectivity index (χ3n) is 2.57. The number of amides is 2. The van der Waals surface area contributed by atoms with E-state index in [1.54, 1.807) is 0 Å². The van der Waals surface area contributed by atoms with Crippen molar-refractivity contribution in [3.05, 3.63) is 29.6 Å². The molecular formula is C12H14F3N3O3. The molecule has 0 saturated carbocycles. The number of aromatic nitrogens is 1. The summed E-state index contributed by atoms with van der Waals surface area (Å²) in [4.78, 5) is 26.3. The average Bonchev–Trinajstić information content (AvgIpc) is 2.41. The van der Waals surface area contributed by atoms with Crippen LogP contribution in [0.25, 0.3) is 0 Å². The van der Waals surface area contributed by atoms with Crippen LogP contribution in [0.1, 0.15) is 17.7 Å². The Bertz CT molecular complexity index is 520. The quantitative estimate of drug-likeness (QED) is 0.867. The highest BCUT2D eigenvalue weighted by Crippen LogP contribution is 2.27. The summed E-state index contributed by atoms with van der Waals surface area (Å²) >= 11 is 0. The summed E-state index contributed by atoms with van der Waals surface area (Å²) in [5.41, 5.74) is -0.786. The first kappa shape index (κ1) is 16.7. The topological polar surface area (TPSA) is 82.5 Å². The van der Waals surface area contributed by atoms with E-state index in [1.807, 2.05) is 0 Å². The van der Waals surface area contributed by atoms with E-state index in [4.69, 9.17) is 5.11 Å². The number of carbonyl (C=O) groups excluding carboxylic acids is 1. The lowest BCUT2D eigenvalue weighted by molar-refractivity contribution is -0.141. The van der Waals surface area contributed by atoms with E-state index in [2.05, 4.69) is 10.3 Å². The molecule has 2 amide bonds. The zero-order valence-electron chi connectivity index (χ0n) is 11.1. The first-order valence-electron chi connectivity index (χ1n) is 5.93. The summed E-state index contributed by atoms with van der Waals surface area (Å²) in [5.74, 6) is -1.04. The average molecular weight is 305 g/mol. The van der Waals surface area contributed by atoms with Gasteiger partial charge in [0.15, 0.2) is 0 Å². The molecule has 0 aliphatic rings. The minimum atomic E-state index is -4.54. The van der Waals surface area contributed by atoms with Crippen molar-refractivity contribution in [1.29, 1.82) is 0 Å². The molecule has 21 heavy (non-hydrogen) atoms. The van der Waals surface area contributed by atoms with Crippen LogP contribution >= 0.6 is 0 Å². The minimum absolute atomic E-state index is 0.00527. The van der Waals surface area contributed by atoms with Crippen molar-refractivity contribution in [3.63, 3.8) is 0 Å². The molecule has 0 unspecified atom stereocenters. The molecule has 1 rings (SSSR count). The maximum absolute atomic E-state index is 12.5. The lowest BCUT2D eigenvalue weighted by Gasteiger charge is -2.17. The van der Waals surface area contributed by atoms with Crippen molar-refractivity contribution in [2.45, 2.75) is 19.1 Å². The summed E-state index contributed by atoms with van der Waals surface area (Å²) < 4.78 is 37.4. The molecule has 6 nitrogen and oxygen atoms in total. The molecule has 0 spiro atoms. The van der Waals surface area contributed by atoms with Crippen molar-refractivity contribution >= 4 is 12.0 Å². The van der Waals surface area contributed by atoms with Crippen LogP contribution < -0.4 is 5.32 Å². The molecule has 1 aromatic heterocycles. The molecule has 0 bridgehead atoms. The summed E-state index contributed by atoms with van der Waals surface area (Å²) in [6.45, 7) is -0.104. The number of rotatable bonds is 5. The van der Waals surface area contributed by atoms with Gasteiger partial charge in [0.25, 0.3) is 0 Å². The second kappa shape index (κ2) is 6.91. The molecule has 0 saturated heterocycles. The molecule has 0 aromatic carbocycles. The highest BCUT2D eigenvalue weighted by atomic mass is 19.4. The highest BCUT2D eigenvalue weighted by Gasteiger charge is 2.32. The summed E-state index contributed by atoms with van der Waals surface area (Å²) in [5, 5.41) is 10.9.